The van der Waals surface area contributed by atoms with Crippen LogP contribution in [0, 0.1) is 11.3 Å². The van der Waals surface area contributed by atoms with Crippen LogP contribution in [0.3, 0.4) is 0 Å². The van der Waals surface area contributed by atoms with Crippen LogP contribution in [0.2, 0.25) is 0 Å². The van der Waals surface area contributed by atoms with Gasteiger partial charge in [-0.2, -0.15) is 5.26 Å². The van der Waals surface area contributed by atoms with Crippen molar-refractivity contribution >= 4 is 11.5 Å². The maximum absolute atomic E-state index is 11.7. The van der Waals surface area contributed by atoms with Crippen LogP contribution in [0.25, 0.3) is 5.57 Å². The fraction of sp³-hybridized carbons (Fsp3) is 0.286. The van der Waals surface area contributed by atoms with Gasteiger partial charge < -0.3 is 4.74 Å². The number of benzene rings is 1. The van der Waals surface area contributed by atoms with Crippen molar-refractivity contribution in [2.24, 2.45) is 0 Å². The number of nitrogens with zero attached hydrogens (tertiary/aromatic N) is 1. The van der Waals surface area contributed by atoms with Crippen molar-refractivity contribution < 1.29 is 9.53 Å². The molecule has 0 saturated carbocycles. The lowest BCUT2D eigenvalue weighted by Crippen LogP contribution is -2.13. The van der Waals surface area contributed by atoms with E-state index in [1.54, 1.807) is 0 Å². The number of carbonyl (C=O) groups is 1. The van der Waals surface area contributed by atoms with Crippen molar-refractivity contribution in [3.63, 3.8) is 0 Å². The smallest absolute Gasteiger partial charge is 0.334 e. The molecule has 3 heteroatoms. The summed E-state index contributed by atoms with van der Waals surface area (Å²) in [6.45, 7) is 0. The number of carbonyl (C=O) groups excluding carboxylic acids is 1. The van der Waals surface area contributed by atoms with Crippen LogP contribution in [-0.4, -0.2) is 13.1 Å². The Kier molecular flexibility index (Phi) is 3.24. The molecule has 1 aliphatic rings. The second-order valence-corrected chi connectivity index (χ2v) is 3.94. The van der Waals surface area contributed by atoms with E-state index in [1.165, 1.54) is 12.7 Å². The van der Waals surface area contributed by atoms with Crippen LogP contribution in [0.1, 0.15) is 24.0 Å². The molecular formula is C14H13NO2. The molecule has 1 aromatic carbocycles. The minimum absolute atomic E-state index is 0.251. The largest absolute Gasteiger partial charge is 0.466 e. The third kappa shape index (κ3) is 2.07. The van der Waals surface area contributed by atoms with Crippen LogP contribution in [-0.2, 0) is 16.0 Å². The van der Waals surface area contributed by atoms with E-state index in [4.69, 9.17) is 10.00 Å². The topological polar surface area (TPSA) is 50.1 Å². The molecule has 17 heavy (non-hydrogen) atoms. The molecule has 0 saturated heterocycles. The van der Waals surface area contributed by atoms with Gasteiger partial charge in [0.2, 0.25) is 0 Å². The molecule has 0 aromatic heterocycles. The molecule has 0 radical (unpaired) electrons. The van der Waals surface area contributed by atoms with Gasteiger partial charge in [0.05, 0.1) is 19.6 Å². The van der Waals surface area contributed by atoms with Crippen LogP contribution in [0.5, 0.6) is 0 Å². The summed E-state index contributed by atoms with van der Waals surface area (Å²) in [5.74, 6) is -0.315. The van der Waals surface area contributed by atoms with E-state index in [1.807, 2.05) is 24.3 Å². The number of esters is 1. The third-order valence-electron chi connectivity index (χ3n) is 3.04. The first-order chi connectivity index (χ1) is 8.27. The summed E-state index contributed by atoms with van der Waals surface area (Å²) in [6, 6.07) is 10.0. The SMILES string of the molecule is COC(=O)C1=C(CC#N)c2ccccc2CC1. The quantitative estimate of drug-likeness (QED) is 0.729. The third-order valence-corrected chi connectivity index (χ3v) is 3.04. The van der Waals surface area contributed by atoms with Gasteiger partial charge in [-0.15, -0.1) is 0 Å². The first-order valence-corrected chi connectivity index (χ1v) is 5.53. The highest BCUT2D eigenvalue weighted by Crippen LogP contribution is 2.33. The summed E-state index contributed by atoms with van der Waals surface area (Å²) < 4.78 is 4.78. The van der Waals surface area contributed by atoms with Gasteiger partial charge in [0.15, 0.2) is 0 Å². The molecule has 0 amide bonds. The van der Waals surface area contributed by atoms with E-state index in [0.717, 1.165) is 17.6 Å². The Hall–Kier alpha value is -2.08. The second-order valence-electron chi connectivity index (χ2n) is 3.94. The highest BCUT2D eigenvalue weighted by atomic mass is 16.5. The number of fused-ring (bicyclic) bond motifs is 1. The van der Waals surface area contributed by atoms with Gasteiger partial charge in [-0.3, -0.25) is 0 Å². The summed E-state index contributed by atoms with van der Waals surface area (Å²) in [4.78, 5) is 11.7. The van der Waals surface area contributed by atoms with Crippen LogP contribution < -0.4 is 0 Å². The number of aryl methyl sites for hydroxylation is 1. The fourth-order valence-corrected chi connectivity index (χ4v) is 2.24. The average molecular weight is 227 g/mol. The number of hydrogen-bond acceptors (Lipinski definition) is 3. The Morgan fingerprint density at radius 3 is 2.88 bits per heavy atom. The number of hydrogen-bond donors (Lipinski definition) is 0. The summed E-state index contributed by atoms with van der Waals surface area (Å²) >= 11 is 0. The Morgan fingerprint density at radius 1 is 1.41 bits per heavy atom. The lowest BCUT2D eigenvalue weighted by molar-refractivity contribution is -0.136. The van der Waals surface area contributed by atoms with Crippen LogP contribution in [0.4, 0.5) is 0 Å². The van der Waals surface area contributed by atoms with E-state index in [2.05, 4.69) is 6.07 Å². The minimum atomic E-state index is -0.315. The molecule has 0 N–H and O–H groups in total. The monoisotopic (exact) mass is 227 g/mol. The van der Waals surface area contributed by atoms with Crippen molar-refractivity contribution in [1.82, 2.24) is 0 Å². The summed E-state index contributed by atoms with van der Waals surface area (Å²) in [5.41, 5.74) is 3.68. The Bertz CT molecular complexity index is 523. The highest BCUT2D eigenvalue weighted by Gasteiger charge is 2.23. The lowest BCUT2D eigenvalue weighted by Gasteiger charge is -2.20. The zero-order valence-corrected chi connectivity index (χ0v) is 9.69. The Labute approximate surface area is 100 Å². The molecule has 0 aliphatic heterocycles. The summed E-state index contributed by atoms with van der Waals surface area (Å²) in [5, 5.41) is 8.88. The van der Waals surface area contributed by atoms with Gasteiger partial charge in [-0.1, -0.05) is 24.3 Å². The van der Waals surface area contributed by atoms with Gasteiger partial charge >= 0.3 is 5.97 Å². The number of rotatable bonds is 2. The fourth-order valence-electron chi connectivity index (χ4n) is 2.24. The van der Waals surface area contributed by atoms with Gasteiger partial charge in [-0.05, 0) is 29.5 Å². The number of allylic oxidation sites excluding steroid dienone is 1. The van der Waals surface area contributed by atoms with Crippen molar-refractivity contribution in [2.45, 2.75) is 19.3 Å². The van der Waals surface area contributed by atoms with Gasteiger partial charge in [0.25, 0.3) is 0 Å². The highest BCUT2D eigenvalue weighted by molar-refractivity contribution is 5.99. The molecule has 1 aromatic rings. The normalized spacial score (nSPS) is 13.9. The maximum Gasteiger partial charge on any atom is 0.334 e. The molecule has 0 spiro atoms. The molecule has 0 heterocycles. The van der Waals surface area contributed by atoms with Gasteiger partial charge in [-0.25, -0.2) is 4.79 Å². The minimum Gasteiger partial charge on any atom is -0.466 e. The molecule has 0 bridgehead atoms. The van der Waals surface area contributed by atoms with Crippen molar-refractivity contribution in [3.8, 4) is 6.07 Å². The lowest BCUT2D eigenvalue weighted by atomic mass is 9.84. The first-order valence-electron chi connectivity index (χ1n) is 5.53. The van der Waals surface area contributed by atoms with E-state index in [0.29, 0.717) is 12.0 Å². The molecule has 2 rings (SSSR count). The predicted molar refractivity (Wildman–Crippen MR) is 63.9 cm³/mol. The molecule has 1 aliphatic carbocycles. The van der Waals surface area contributed by atoms with Crippen molar-refractivity contribution in [1.29, 1.82) is 5.26 Å². The van der Waals surface area contributed by atoms with Crippen molar-refractivity contribution in [2.75, 3.05) is 7.11 Å². The predicted octanol–water partition coefficient (Wildman–Crippen LogP) is 2.47. The Morgan fingerprint density at radius 2 is 2.18 bits per heavy atom. The molecule has 0 fully saturated rings. The van der Waals surface area contributed by atoms with Gasteiger partial charge in [0.1, 0.15) is 0 Å². The van der Waals surface area contributed by atoms with E-state index in [-0.39, 0.29) is 12.4 Å². The van der Waals surface area contributed by atoms with E-state index >= 15 is 0 Å². The first kappa shape index (κ1) is 11.4. The van der Waals surface area contributed by atoms with Crippen molar-refractivity contribution in [3.05, 3.63) is 41.0 Å². The molecular weight excluding hydrogens is 214 g/mol. The molecule has 86 valence electrons. The second kappa shape index (κ2) is 4.84. The van der Waals surface area contributed by atoms with Gasteiger partial charge in [0, 0.05) is 5.57 Å². The summed E-state index contributed by atoms with van der Waals surface area (Å²) in [7, 11) is 1.37. The van der Waals surface area contributed by atoms with E-state index in [9.17, 15) is 4.79 Å². The molecule has 0 unspecified atom stereocenters. The number of methoxy groups -OCH3 is 1. The zero-order chi connectivity index (χ0) is 12.3. The maximum atomic E-state index is 11.7. The molecule has 0 atom stereocenters. The molecule has 3 nitrogen and oxygen atoms in total. The summed E-state index contributed by atoms with van der Waals surface area (Å²) in [6.07, 6.45) is 1.73. The number of ether oxygens (including phenoxy) is 1. The standard InChI is InChI=1S/C14H13NO2/c1-17-14(16)13-7-6-10-4-2-3-5-11(10)12(13)8-9-15/h2-5H,6-8H2,1H3. The van der Waals surface area contributed by atoms with Crippen LogP contribution in [0.15, 0.2) is 29.8 Å². The Balaban J connectivity index is 2.55. The number of nitriles is 1. The van der Waals surface area contributed by atoms with Crippen LogP contribution >= 0.6 is 0 Å². The van der Waals surface area contributed by atoms with E-state index < -0.39 is 0 Å². The zero-order valence-electron chi connectivity index (χ0n) is 9.69. The average Bonchev–Trinajstić information content (AvgIpc) is 2.38.